The molecule has 10 aromatic rings. The van der Waals surface area contributed by atoms with Crippen LogP contribution in [0.15, 0.2) is 200 Å². The van der Waals surface area contributed by atoms with Gasteiger partial charge in [0.2, 0.25) is 0 Å². The van der Waals surface area contributed by atoms with E-state index in [-0.39, 0.29) is 0 Å². The second-order valence-corrected chi connectivity index (χ2v) is 17.2. The van der Waals surface area contributed by atoms with Gasteiger partial charge in [0.1, 0.15) is 0 Å². The first kappa shape index (κ1) is 34.1. The lowest BCUT2D eigenvalue weighted by Crippen LogP contribution is -2.26. The lowest BCUT2D eigenvalue weighted by Gasteiger charge is -2.32. The summed E-state index contributed by atoms with van der Waals surface area (Å²) in [6, 6.07) is 74.7. The molecule has 0 saturated carbocycles. The van der Waals surface area contributed by atoms with Crippen LogP contribution in [0.4, 0.5) is 17.1 Å². The Morgan fingerprint density at radius 3 is 1.73 bits per heavy atom. The van der Waals surface area contributed by atoms with E-state index in [1.807, 2.05) is 11.3 Å². The van der Waals surface area contributed by atoms with Crippen LogP contribution in [-0.4, -0.2) is 0 Å². The molecule has 0 bridgehead atoms. The van der Waals surface area contributed by atoms with Crippen LogP contribution in [0.2, 0.25) is 0 Å². The van der Waals surface area contributed by atoms with Gasteiger partial charge in [0.15, 0.2) is 0 Å². The van der Waals surface area contributed by atoms with E-state index in [0.29, 0.717) is 0 Å². The predicted molar refractivity (Wildman–Crippen MR) is 251 cm³/mol. The summed E-state index contributed by atoms with van der Waals surface area (Å²) in [7, 11) is 0. The minimum atomic E-state index is -0.474. The first-order valence-corrected chi connectivity index (χ1v) is 21.3. The van der Waals surface area contributed by atoms with Crippen LogP contribution in [0.5, 0.6) is 0 Å². The molecule has 2 aliphatic carbocycles. The number of nitrogens with zero attached hydrogens (tertiary/aromatic N) is 1. The van der Waals surface area contributed by atoms with Crippen molar-refractivity contribution in [1.29, 1.82) is 0 Å². The molecule has 0 amide bonds. The minimum absolute atomic E-state index is 0.474. The van der Waals surface area contributed by atoms with E-state index < -0.39 is 5.41 Å². The zero-order chi connectivity index (χ0) is 39.2. The van der Waals surface area contributed by atoms with Crippen molar-refractivity contribution in [1.82, 2.24) is 0 Å². The van der Waals surface area contributed by atoms with Crippen LogP contribution in [0.3, 0.4) is 0 Å². The van der Waals surface area contributed by atoms with Gasteiger partial charge in [0, 0.05) is 37.2 Å². The lowest BCUT2D eigenvalue weighted by molar-refractivity contribution is 0.794. The zero-order valence-corrected chi connectivity index (χ0v) is 33.7. The summed E-state index contributed by atoms with van der Waals surface area (Å²) in [6.07, 6.45) is 0. The van der Waals surface area contributed by atoms with Crippen LogP contribution < -0.4 is 4.90 Å². The standard InChI is InChI=1S/C57H39NS/c1-36-14-6-7-17-43(36)44-30-28-41(34-37(44)2)58(40-26-24-39(25-27-40)38-15-4-3-5-16-38)42-29-31-46-45-18-8-11-21-49(45)57(52(46)35-42)50-22-12-9-19-47(50)55-51(57)32-33-54-56(55)48-20-10-13-23-53(48)59-54/h3-35H,1-2H3. The fraction of sp³-hybridized carbons (Fsp3) is 0.0526. The number of aryl methyl sites for hydroxylation is 2. The van der Waals surface area contributed by atoms with Crippen molar-refractivity contribution in [3.8, 4) is 44.5 Å². The molecule has 1 aromatic heterocycles. The Kier molecular flexibility index (Phi) is 7.51. The Labute approximate surface area is 349 Å². The third kappa shape index (κ3) is 4.91. The number of hydrogen-bond donors (Lipinski definition) is 0. The van der Waals surface area contributed by atoms with Crippen LogP contribution in [-0.2, 0) is 5.41 Å². The van der Waals surface area contributed by atoms with Crippen molar-refractivity contribution >= 4 is 48.6 Å². The number of anilines is 3. The Bertz CT molecular complexity index is 3300. The largest absolute Gasteiger partial charge is 0.310 e. The van der Waals surface area contributed by atoms with E-state index in [0.717, 1.165) is 17.1 Å². The number of benzene rings is 9. The lowest BCUT2D eigenvalue weighted by atomic mass is 9.70. The molecule has 9 aromatic carbocycles. The first-order chi connectivity index (χ1) is 29.1. The quantitative estimate of drug-likeness (QED) is 0.169. The molecule has 2 heteroatoms. The van der Waals surface area contributed by atoms with E-state index in [1.165, 1.54) is 98.1 Å². The van der Waals surface area contributed by atoms with Crippen LogP contribution >= 0.6 is 11.3 Å². The fourth-order valence-corrected chi connectivity index (χ4v) is 11.5. The molecule has 0 aliphatic heterocycles. The predicted octanol–water partition coefficient (Wildman–Crippen LogP) is 15.8. The molecule has 1 heterocycles. The third-order valence-electron chi connectivity index (χ3n) is 13.0. The number of rotatable bonds is 5. The summed E-state index contributed by atoms with van der Waals surface area (Å²) in [4.78, 5) is 2.46. The summed E-state index contributed by atoms with van der Waals surface area (Å²) in [5.41, 5.74) is 21.1. The number of hydrogen-bond acceptors (Lipinski definition) is 2. The van der Waals surface area contributed by atoms with Crippen LogP contribution in [0, 0.1) is 13.8 Å². The highest BCUT2D eigenvalue weighted by atomic mass is 32.1. The molecule has 0 radical (unpaired) electrons. The molecule has 0 N–H and O–H groups in total. The SMILES string of the molecule is Cc1ccccc1-c1ccc(N(c2ccc(-c3ccccc3)cc2)c2ccc3c(c2)C2(c4ccccc4-3)c3ccccc3-c3c2ccc2sc4ccccc4c32)cc1C. The van der Waals surface area contributed by atoms with E-state index in [1.54, 1.807) is 0 Å². The normalized spacial score (nSPS) is 14.7. The highest BCUT2D eigenvalue weighted by Crippen LogP contribution is 2.65. The third-order valence-corrected chi connectivity index (χ3v) is 14.1. The van der Waals surface area contributed by atoms with E-state index in [9.17, 15) is 0 Å². The van der Waals surface area contributed by atoms with Gasteiger partial charge in [-0.15, -0.1) is 11.3 Å². The maximum absolute atomic E-state index is 2.51. The maximum atomic E-state index is 2.51. The number of fused-ring (bicyclic) bond motifs is 14. The van der Waals surface area contributed by atoms with Crippen molar-refractivity contribution in [2.45, 2.75) is 19.3 Å². The van der Waals surface area contributed by atoms with Gasteiger partial charge in [-0.25, -0.2) is 0 Å². The first-order valence-electron chi connectivity index (χ1n) is 20.5. The molecular weight excluding hydrogens is 731 g/mol. The highest BCUT2D eigenvalue weighted by molar-refractivity contribution is 7.26. The molecule has 1 nitrogen and oxygen atoms in total. The van der Waals surface area contributed by atoms with Gasteiger partial charge >= 0.3 is 0 Å². The minimum Gasteiger partial charge on any atom is -0.310 e. The smallest absolute Gasteiger partial charge is 0.0726 e. The van der Waals surface area contributed by atoms with E-state index in [2.05, 4.69) is 219 Å². The molecule has 0 fully saturated rings. The van der Waals surface area contributed by atoms with Gasteiger partial charge in [-0.3, -0.25) is 0 Å². The van der Waals surface area contributed by atoms with E-state index in [4.69, 9.17) is 0 Å². The van der Waals surface area contributed by atoms with Crippen molar-refractivity contribution in [3.05, 3.63) is 234 Å². The maximum Gasteiger partial charge on any atom is 0.0726 e. The monoisotopic (exact) mass is 769 g/mol. The summed E-state index contributed by atoms with van der Waals surface area (Å²) in [5, 5.41) is 2.71. The van der Waals surface area contributed by atoms with E-state index >= 15 is 0 Å². The van der Waals surface area contributed by atoms with Crippen molar-refractivity contribution in [2.75, 3.05) is 4.90 Å². The number of thiophene rings is 1. The average molecular weight is 770 g/mol. The van der Waals surface area contributed by atoms with Crippen molar-refractivity contribution in [3.63, 3.8) is 0 Å². The fourth-order valence-electron chi connectivity index (χ4n) is 10.4. The van der Waals surface area contributed by atoms with Crippen molar-refractivity contribution < 1.29 is 0 Å². The van der Waals surface area contributed by atoms with Gasteiger partial charge in [-0.05, 0) is 140 Å². The van der Waals surface area contributed by atoms with Crippen LogP contribution in [0.1, 0.15) is 33.4 Å². The zero-order valence-electron chi connectivity index (χ0n) is 32.9. The molecular formula is C57H39NS. The summed E-state index contributed by atoms with van der Waals surface area (Å²) >= 11 is 1.90. The molecule has 2 aliphatic rings. The molecule has 1 atom stereocenters. The Hall–Kier alpha value is -7.00. The summed E-state index contributed by atoms with van der Waals surface area (Å²) < 4.78 is 2.67. The van der Waals surface area contributed by atoms with Gasteiger partial charge in [0.25, 0.3) is 0 Å². The van der Waals surface area contributed by atoms with Gasteiger partial charge < -0.3 is 4.90 Å². The Morgan fingerprint density at radius 2 is 0.949 bits per heavy atom. The highest BCUT2D eigenvalue weighted by Gasteiger charge is 2.52. The topological polar surface area (TPSA) is 3.24 Å². The second kappa shape index (κ2) is 13.0. The molecule has 12 rings (SSSR count). The average Bonchev–Trinajstić information content (AvgIpc) is 3.91. The van der Waals surface area contributed by atoms with Crippen LogP contribution in [0.25, 0.3) is 64.7 Å². The molecule has 1 unspecified atom stereocenters. The molecule has 59 heavy (non-hydrogen) atoms. The van der Waals surface area contributed by atoms with Crippen molar-refractivity contribution in [2.24, 2.45) is 0 Å². The molecule has 0 saturated heterocycles. The summed E-state index contributed by atoms with van der Waals surface area (Å²) in [6.45, 7) is 4.45. The van der Waals surface area contributed by atoms with Gasteiger partial charge in [-0.1, -0.05) is 152 Å². The molecule has 1 spiro atoms. The molecule has 278 valence electrons. The second-order valence-electron chi connectivity index (χ2n) is 16.1. The Morgan fingerprint density at radius 1 is 0.373 bits per heavy atom. The van der Waals surface area contributed by atoms with Gasteiger partial charge in [-0.2, -0.15) is 0 Å². The Balaban J connectivity index is 1.11. The summed E-state index contributed by atoms with van der Waals surface area (Å²) in [5.74, 6) is 0. The van der Waals surface area contributed by atoms with Gasteiger partial charge in [0.05, 0.1) is 5.41 Å².